The highest BCUT2D eigenvalue weighted by atomic mass is 35.5. The zero-order valence-electron chi connectivity index (χ0n) is 10.2. The molecular weight excluding hydrogens is 259 g/mol. The molecule has 0 fully saturated rings. The molecule has 4 nitrogen and oxygen atoms in total. The second kappa shape index (κ2) is 4.24. The summed E-state index contributed by atoms with van der Waals surface area (Å²) >= 11 is 5.85. The van der Waals surface area contributed by atoms with E-state index in [0.717, 1.165) is 4.57 Å². The van der Waals surface area contributed by atoms with E-state index in [4.69, 9.17) is 16.3 Å². The molecule has 6 heteroatoms. The molecule has 18 heavy (non-hydrogen) atoms. The van der Waals surface area contributed by atoms with Crippen molar-refractivity contribution in [1.82, 2.24) is 9.55 Å². The molecule has 0 saturated heterocycles. The summed E-state index contributed by atoms with van der Waals surface area (Å²) in [7, 11) is 0. The molecule has 2 aromatic rings. The molecule has 0 aliphatic rings. The van der Waals surface area contributed by atoms with E-state index in [2.05, 4.69) is 4.98 Å². The largest absolute Gasteiger partial charge is 0.443 e. The molecule has 0 unspecified atom stereocenters. The van der Waals surface area contributed by atoms with Crippen LogP contribution in [0.4, 0.5) is 9.18 Å². The van der Waals surface area contributed by atoms with Crippen molar-refractivity contribution >= 4 is 28.7 Å². The molecule has 0 spiro atoms. The second-order valence-electron chi connectivity index (χ2n) is 4.80. The summed E-state index contributed by atoms with van der Waals surface area (Å²) in [4.78, 5) is 15.8. The summed E-state index contributed by atoms with van der Waals surface area (Å²) in [6.07, 6.45) is -0.680. The maximum Gasteiger partial charge on any atom is 0.421 e. The SMILES string of the molecule is CC(C)(C)OC(=O)n1c(Cl)nc2c(F)cccc21. The number of benzene rings is 1. The van der Waals surface area contributed by atoms with Crippen LogP contribution in [-0.4, -0.2) is 21.2 Å². The molecule has 0 bridgehead atoms. The average Bonchev–Trinajstić information content (AvgIpc) is 2.53. The number of carbonyl (C=O) groups excluding carboxylic acids is 1. The number of rotatable bonds is 0. The molecule has 0 N–H and O–H groups in total. The third-order valence-corrected chi connectivity index (χ3v) is 2.42. The minimum Gasteiger partial charge on any atom is -0.443 e. The Morgan fingerprint density at radius 3 is 2.72 bits per heavy atom. The Bertz CT molecular complexity index is 616. The number of imidazole rings is 1. The van der Waals surface area contributed by atoms with Gasteiger partial charge in [-0.15, -0.1) is 0 Å². The van der Waals surface area contributed by atoms with Crippen LogP contribution in [0, 0.1) is 5.82 Å². The number of hydrogen-bond acceptors (Lipinski definition) is 3. The third kappa shape index (κ3) is 2.31. The highest BCUT2D eigenvalue weighted by Gasteiger charge is 2.23. The van der Waals surface area contributed by atoms with Crippen molar-refractivity contribution in [2.75, 3.05) is 0 Å². The normalized spacial score (nSPS) is 11.8. The van der Waals surface area contributed by atoms with E-state index in [1.54, 1.807) is 26.8 Å². The lowest BCUT2D eigenvalue weighted by atomic mass is 10.2. The number of halogens is 2. The van der Waals surface area contributed by atoms with Gasteiger partial charge in [0.2, 0.25) is 5.28 Å². The molecule has 2 rings (SSSR count). The fraction of sp³-hybridized carbons (Fsp3) is 0.333. The van der Waals surface area contributed by atoms with Gasteiger partial charge in [0, 0.05) is 0 Å². The van der Waals surface area contributed by atoms with Crippen molar-refractivity contribution in [2.45, 2.75) is 26.4 Å². The van der Waals surface area contributed by atoms with E-state index in [1.165, 1.54) is 12.1 Å². The summed E-state index contributed by atoms with van der Waals surface area (Å²) < 4.78 is 19.7. The number of carbonyl (C=O) groups is 1. The van der Waals surface area contributed by atoms with Crippen LogP contribution < -0.4 is 0 Å². The summed E-state index contributed by atoms with van der Waals surface area (Å²) in [6, 6.07) is 4.29. The Hall–Kier alpha value is -1.62. The maximum atomic E-state index is 13.5. The van der Waals surface area contributed by atoms with E-state index < -0.39 is 17.5 Å². The average molecular weight is 271 g/mol. The van der Waals surface area contributed by atoms with Crippen LogP contribution in [0.1, 0.15) is 20.8 Å². The monoisotopic (exact) mass is 270 g/mol. The second-order valence-corrected chi connectivity index (χ2v) is 5.14. The minimum absolute atomic E-state index is 0.0494. The van der Waals surface area contributed by atoms with E-state index in [-0.39, 0.29) is 16.3 Å². The fourth-order valence-electron chi connectivity index (χ4n) is 1.52. The molecule has 0 saturated carbocycles. The number of hydrogen-bond donors (Lipinski definition) is 0. The molecule has 0 radical (unpaired) electrons. The Morgan fingerprint density at radius 2 is 2.11 bits per heavy atom. The van der Waals surface area contributed by atoms with Crippen molar-refractivity contribution in [3.05, 3.63) is 29.3 Å². The minimum atomic E-state index is -0.680. The molecule has 1 aromatic heterocycles. The van der Waals surface area contributed by atoms with Gasteiger partial charge in [-0.1, -0.05) is 6.07 Å². The Kier molecular flexibility index (Phi) is 3.02. The van der Waals surface area contributed by atoms with Crippen molar-refractivity contribution in [3.8, 4) is 0 Å². The molecule has 0 amide bonds. The van der Waals surface area contributed by atoms with E-state index in [0.29, 0.717) is 0 Å². The summed E-state index contributed by atoms with van der Waals surface area (Å²) in [5.41, 5.74) is -0.327. The lowest BCUT2D eigenvalue weighted by Gasteiger charge is -2.19. The molecule has 0 aliphatic carbocycles. The van der Waals surface area contributed by atoms with Crippen LogP contribution in [0.15, 0.2) is 18.2 Å². The number of para-hydroxylation sites is 1. The van der Waals surface area contributed by atoms with Gasteiger partial charge in [0.25, 0.3) is 0 Å². The van der Waals surface area contributed by atoms with Gasteiger partial charge in [-0.3, -0.25) is 0 Å². The zero-order chi connectivity index (χ0) is 13.5. The van der Waals surface area contributed by atoms with Crippen LogP contribution >= 0.6 is 11.6 Å². The molecule has 0 atom stereocenters. The first kappa shape index (κ1) is 12.8. The molecule has 1 heterocycles. The molecular formula is C12H12ClFN2O2. The van der Waals surface area contributed by atoms with E-state index in [1.807, 2.05) is 0 Å². The summed E-state index contributed by atoms with van der Waals surface area (Å²) in [5.74, 6) is -0.531. The van der Waals surface area contributed by atoms with Gasteiger partial charge in [0.05, 0.1) is 5.52 Å². The number of aromatic nitrogens is 2. The third-order valence-electron chi connectivity index (χ3n) is 2.17. The highest BCUT2D eigenvalue weighted by molar-refractivity contribution is 6.30. The van der Waals surface area contributed by atoms with Crippen LogP contribution in [0.3, 0.4) is 0 Å². The number of fused-ring (bicyclic) bond motifs is 1. The lowest BCUT2D eigenvalue weighted by molar-refractivity contribution is 0.0544. The van der Waals surface area contributed by atoms with Crippen LogP contribution in [0.25, 0.3) is 11.0 Å². The Labute approximate surface area is 108 Å². The van der Waals surface area contributed by atoms with Gasteiger partial charge in [0.1, 0.15) is 11.1 Å². The van der Waals surface area contributed by atoms with Gasteiger partial charge in [0.15, 0.2) is 5.82 Å². The van der Waals surface area contributed by atoms with Gasteiger partial charge >= 0.3 is 6.09 Å². The van der Waals surface area contributed by atoms with Crippen LogP contribution in [0.2, 0.25) is 5.28 Å². The standard InChI is InChI=1S/C12H12ClFN2O2/c1-12(2,3)18-11(17)16-8-6-4-5-7(14)9(8)15-10(16)13/h4-6H,1-3H3. The summed E-state index contributed by atoms with van der Waals surface area (Å²) in [6.45, 7) is 5.20. The number of nitrogens with zero attached hydrogens (tertiary/aromatic N) is 2. The molecule has 96 valence electrons. The van der Waals surface area contributed by atoms with Crippen molar-refractivity contribution in [1.29, 1.82) is 0 Å². The maximum absolute atomic E-state index is 13.5. The van der Waals surface area contributed by atoms with E-state index in [9.17, 15) is 9.18 Å². The highest BCUT2D eigenvalue weighted by Crippen LogP contribution is 2.23. The Balaban J connectivity index is 2.54. The van der Waals surface area contributed by atoms with Gasteiger partial charge in [-0.25, -0.2) is 18.7 Å². The smallest absolute Gasteiger partial charge is 0.421 e. The molecule has 1 aromatic carbocycles. The summed E-state index contributed by atoms with van der Waals surface area (Å²) in [5, 5.41) is -0.121. The molecule has 0 aliphatic heterocycles. The first-order chi connectivity index (χ1) is 8.29. The topological polar surface area (TPSA) is 44.1 Å². The van der Waals surface area contributed by atoms with Crippen LogP contribution in [0.5, 0.6) is 0 Å². The first-order valence-electron chi connectivity index (χ1n) is 5.35. The van der Waals surface area contributed by atoms with E-state index >= 15 is 0 Å². The lowest BCUT2D eigenvalue weighted by Crippen LogP contribution is -2.27. The number of ether oxygens (including phenoxy) is 1. The van der Waals surface area contributed by atoms with Gasteiger partial charge in [-0.05, 0) is 44.5 Å². The van der Waals surface area contributed by atoms with Crippen molar-refractivity contribution in [3.63, 3.8) is 0 Å². The first-order valence-corrected chi connectivity index (χ1v) is 5.73. The van der Waals surface area contributed by atoms with Gasteiger partial charge < -0.3 is 4.74 Å². The van der Waals surface area contributed by atoms with Crippen molar-refractivity contribution in [2.24, 2.45) is 0 Å². The van der Waals surface area contributed by atoms with Crippen molar-refractivity contribution < 1.29 is 13.9 Å². The Morgan fingerprint density at radius 1 is 1.44 bits per heavy atom. The quantitative estimate of drug-likeness (QED) is 0.734. The zero-order valence-corrected chi connectivity index (χ0v) is 11.0. The predicted molar refractivity (Wildman–Crippen MR) is 66.3 cm³/mol. The van der Waals surface area contributed by atoms with Gasteiger partial charge in [-0.2, -0.15) is 0 Å². The fourth-order valence-corrected chi connectivity index (χ4v) is 1.76. The predicted octanol–water partition coefficient (Wildman–Crippen LogP) is 3.61. The van der Waals surface area contributed by atoms with Crippen LogP contribution in [-0.2, 0) is 4.74 Å².